The number of nitrogens with one attached hydrogen (secondary N) is 1. The number of hydrogen-bond acceptors (Lipinski definition) is 1. The molecule has 1 aliphatic heterocycles. The van der Waals surface area contributed by atoms with Gasteiger partial charge in [0.25, 0.3) is 0 Å². The summed E-state index contributed by atoms with van der Waals surface area (Å²) in [4.78, 5) is 0. The molecular weight excluding hydrogens is 153 g/mol. The van der Waals surface area contributed by atoms with Crippen molar-refractivity contribution in [2.75, 3.05) is 6.54 Å². The summed E-state index contributed by atoms with van der Waals surface area (Å²) in [5, 5.41) is 3.35. The van der Waals surface area contributed by atoms with Crippen LogP contribution in [0.5, 0.6) is 0 Å². The van der Waals surface area contributed by atoms with Crippen LogP contribution in [0.2, 0.25) is 0 Å². The summed E-state index contributed by atoms with van der Waals surface area (Å²) in [6.07, 6.45) is 6.19. The van der Waals surface area contributed by atoms with E-state index in [-0.39, 0.29) is 0 Å². The molecule has 2 rings (SSSR count). The van der Waals surface area contributed by atoms with Gasteiger partial charge in [-0.05, 0) is 44.6 Å². The van der Waals surface area contributed by atoms with Crippen molar-refractivity contribution < 1.29 is 4.39 Å². The van der Waals surface area contributed by atoms with E-state index in [1.165, 1.54) is 19.3 Å². The maximum atomic E-state index is 13.5. The molecule has 2 unspecified atom stereocenters. The van der Waals surface area contributed by atoms with E-state index in [0.29, 0.717) is 12.0 Å². The first-order valence-corrected chi connectivity index (χ1v) is 5.24. The predicted octanol–water partition coefficient (Wildman–Crippen LogP) is 2.27. The molecule has 1 saturated carbocycles. The highest BCUT2D eigenvalue weighted by Gasteiger charge is 2.29. The van der Waals surface area contributed by atoms with Crippen LogP contribution in [0.4, 0.5) is 4.39 Å². The van der Waals surface area contributed by atoms with Crippen molar-refractivity contribution in [2.45, 2.75) is 50.7 Å². The zero-order chi connectivity index (χ0) is 8.39. The van der Waals surface area contributed by atoms with Crippen molar-refractivity contribution >= 4 is 0 Å². The molecule has 12 heavy (non-hydrogen) atoms. The Bertz CT molecular complexity index is 139. The van der Waals surface area contributed by atoms with Gasteiger partial charge in [-0.1, -0.05) is 6.42 Å². The summed E-state index contributed by atoms with van der Waals surface area (Å²) in [6, 6.07) is 0.487. The first-order chi connectivity index (χ1) is 5.86. The predicted molar refractivity (Wildman–Crippen MR) is 47.9 cm³/mol. The maximum absolute atomic E-state index is 13.5. The zero-order valence-corrected chi connectivity index (χ0v) is 7.56. The van der Waals surface area contributed by atoms with Gasteiger partial charge < -0.3 is 5.32 Å². The number of halogens is 1. The Kier molecular flexibility index (Phi) is 2.64. The van der Waals surface area contributed by atoms with E-state index >= 15 is 0 Å². The van der Waals surface area contributed by atoms with Crippen LogP contribution < -0.4 is 5.32 Å². The lowest BCUT2D eigenvalue weighted by molar-refractivity contribution is 0.130. The van der Waals surface area contributed by atoms with Crippen LogP contribution in [0, 0.1) is 5.92 Å². The Labute approximate surface area is 73.7 Å². The third kappa shape index (κ3) is 1.79. The second kappa shape index (κ2) is 3.73. The van der Waals surface area contributed by atoms with E-state index in [2.05, 4.69) is 5.32 Å². The first-order valence-electron chi connectivity index (χ1n) is 5.24. The van der Waals surface area contributed by atoms with Gasteiger partial charge in [0.05, 0.1) is 0 Å². The van der Waals surface area contributed by atoms with E-state index in [1.54, 1.807) is 0 Å². The summed E-state index contributed by atoms with van der Waals surface area (Å²) in [5.74, 6) is 0.410. The van der Waals surface area contributed by atoms with E-state index in [9.17, 15) is 4.39 Å². The molecule has 1 aliphatic carbocycles. The summed E-state index contributed by atoms with van der Waals surface area (Å²) < 4.78 is 13.5. The van der Waals surface area contributed by atoms with Crippen LogP contribution in [0.25, 0.3) is 0 Å². The highest BCUT2D eigenvalue weighted by atomic mass is 19.1. The van der Waals surface area contributed by atoms with Crippen molar-refractivity contribution in [3.05, 3.63) is 0 Å². The van der Waals surface area contributed by atoms with Crippen LogP contribution in [-0.4, -0.2) is 18.8 Å². The molecular formula is C10H18FN. The van der Waals surface area contributed by atoms with Gasteiger partial charge in [-0.2, -0.15) is 0 Å². The standard InChI is InChI=1S/C10H18FN/c11-10(8-3-1-4-8)7-9-5-2-6-12-9/h8-10,12H,1-7H2. The Morgan fingerprint density at radius 3 is 2.58 bits per heavy atom. The molecule has 1 nitrogen and oxygen atoms in total. The largest absolute Gasteiger partial charge is 0.314 e. The maximum Gasteiger partial charge on any atom is 0.104 e. The Hall–Kier alpha value is -0.110. The molecule has 0 spiro atoms. The third-order valence-corrected chi connectivity index (χ3v) is 3.33. The molecule has 70 valence electrons. The molecule has 0 radical (unpaired) electrons. The van der Waals surface area contributed by atoms with Crippen LogP contribution in [0.3, 0.4) is 0 Å². The van der Waals surface area contributed by atoms with Gasteiger partial charge in [0.15, 0.2) is 0 Å². The second-order valence-electron chi connectivity index (χ2n) is 4.24. The SMILES string of the molecule is FC(CC1CCCN1)C1CCC1. The topological polar surface area (TPSA) is 12.0 Å². The van der Waals surface area contributed by atoms with Crippen LogP contribution in [-0.2, 0) is 0 Å². The lowest BCUT2D eigenvalue weighted by Gasteiger charge is -2.30. The van der Waals surface area contributed by atoms with Gasteiger partial charge in [-0.15, -0.1) is 0 Å². The molecule has 0 bridgehead atoms. The molecule has 1 heterocycles. The summed E-state index contributed by atoms with van der Waals surface area (Å²) in [5.41, 5.74) is 0. The monoisotopic (exact) mass is 171 g/mol. The fraction of sp³-hybridized carbons (Fsp3) is 1.00. The number of rotatable bonds is 3. The fourth-order valence-electron chi connectivity index (χ4n) is 2.22. The third-order valence-electron chi connectivity index (χ3n) is 3.33. The van der Waals surface area contributed by atoms with Crippen LogP contribution in [0.15, 0.2) is 0 Å². The lowest BCUT2D eigenvalue weighted by Crippen LogP contribution is -2.31. The molecule has 1 N–H and O–H groups in total. The highest BCUT2D eigenvalue weighted by molar-refractivity contribution is 4.83. The van der Waals surface area contributed by atoms with Gasteiger partial charge in [0, 0.05) is 6.04 Å². The molecule has 0 aromatic carbocycles. The van der Waals surface area contributed by atoms with E-state index in [0.717, 1.165) is 25.8 Å². The van der Waals surface area contributed by atoms with Crippen molar-refractivity contribution in [1.29, 1.82) is 0 Å². The minimum atomic E-state index is -0.519. The van der Waals surface area contributed by atoms with Gasteiger partial charge >= 0.3 is 0 Å². The highest BCUT2D eigenvalue weighted by Crippen LogP contribution is 2.33. The molecule has 0 aromatic heterocycles. The molecule has 0 aromatic rings. The second-order valence-corrected chi connectivity index (χ2v) is 4.24. The molecule has 2 fully saturated rings. The van der Waals surface area contributed by atoms with Crippen molar-refractivity contribution in [2.24, 2.45) is 5.92 Å². The quantitative estimate of drug-likeness (QED) is 0.687. The Morgan fingerprint density at radius 2 is 2.08 bits per heavy atom. The van der Waals surface area contributed by atoms with Gasteiger partial charge in [-0.3, -0.25) is 0 Å². The number of hydrogen-bond donors (Lipinski definition) is 1. The first kappa shape index (κ1) is 8.49. The molecule has 0 amide bonds. The van der Waals surface area contributed by atoms with E-state index in [1.807, 2.05) is 0 Å². The Balaban J connectivity index is 1.69. The molecule has 2 aliphatic rings. The van der Waals surface area contributed by atoms with E-state index in [4.69, 9.17) is 0 Å². The minimum absolute atomic E-state index is 0.410. The van der Waals surface area contributed by atoms with Crippen molar-refractivity contribution in [3.8, 4) is 0 Å². The summed E-state index contributed by atoms with van der Waals surface area (Å²) in [7, 11) is 0. The summed E-state index contributed by atoms with van der Waals surface area (Å²) in [6.45, 7) is 1.10. The average molecular weight is 171 g/mol. The molecule has 2 atom stereocenters. The molecule has 1 saturated heterocycles. The van der Waals surface area contributed by atoms with Gasteiger partial charge in [0.1, 0.15) is 6.17 Å². The van der Waals surface area contributed by atoms with Crippen molar-refractivity contribution in [1.82, 2.24) is 5.32 Å². The number of alkyl halides is 1. The smallest absolute Gasteiger partial charge is 0.104 e. The normalized spacial score (nSPS) is 33.2. The van der Waals surface area contributed by atoms with Gasteiger partial charge in [0.2, 0.25) is 0 Å². The Morgan fingerprint density at radius 1 is 1.25 bits per heavy atom. The zero-order valence-electron chi connectivity index (χ0n) is 7.56. The van der Waals surface area contributed by atoms with Crippen LogP contribution >= 0.6 is 0 Å². The van der Waals surface area contributed by atoms with Crippen molar-refractivity contribution in [3.63, 3.8) is 0 Å². The lowest BCUT2D eigenvalue weighted by atomic mass is 9.80. The van der Waals surface area contributed by atoms with E-state index < -0.39 is 6.17 Å². The fourth-order valence-corrected chi connectivity index (χ4v) is 2.22. The van der Waals surface area contributed by atoms with Gasteiger partial charge in [-0.25, -0.2) is 4.39 Å². The van der Waals surface area contributed by atoms with Crippen LogP contribution in [0.1, 0.15) is 38.5 Å². The minimum Gasteiger partial charge on any atom is -0.314 e. The average Bonchev–Trinajstić information content (AvgIpc) is 2.34. The summed E-state index contributed by atoms with van der Waals surface area (Å²) >= 11 is 0. The molecule has 2 heteroatoms.